The van der Waals surface area contributed by atoms with Crippen LogP contribution in [0.1, 0.15) is 26.7 Å². The highest BCUT2D eigenvalue weighted by Gasteiger charge is 2.33. The van der Waals surface area contributed by atoms with E-state index >= 15 is 0 Å². The SMILES string of the molecule is CC1(C)CCN(S(=O)(=O)c2cccc(S(=O)(=O)F)c2)CC1. The van der Waals surface area contributed by atoms with Crippen molar-refractivity contribution in [1.29, 1.82) is 0 Å². The van der Waals surface area contributed by atoms with Crippen LogP contribution in [0.5, 0.6) is 0 Å². The summed E-state index contributed by atoms with van der Waals surface area (Å²) in [6.45, 7) is 4.91. The minimum atomic E-state index is -4.92. The molecule has 0 aromatic heterocycles. The summed E-state index contributed by atoms with van der Waals surface area (Å²) in [5.41, 5.74) is 0.0934. The van der Waals surface area contributed by atoms with Gasteiger partial charge in [-0.15, -0.1) is 3.89 Å². The molecule has 1 aromatic rings. The Kier molecular flexibility index (Phi) is 4.16. The highest BCUT2D eigenvalue weighted by atomic mass is 32.3. The average molecular weight is 335 g/mol. The Labute approximate surface area is 125 Å². The van der Waals surface area contributed by atoms with E-state index in [0.29, 0.717) is 13.1 Å². The molecule has 0 aliphatic carbocycles. The molecule has 0 radical (unpaired) electrons. The third-order valence-electron chi connectivity index (χ3n) is 3.80. The number of sulfonamides is 1. The Morgan fingerprint density at radius 3 is 2.10 bits per heavy atom. The minimum absolute atomic E-state index is 0.0934. The zero-order valence-electron chi connectivity index (χ0n) is 11.9. The summed E-state index contributed by atoms with van der Waals surface area (Å²) in [5, 5.41) is 0. The second kappa shape index (κ2) is 5.33. The van der Waals surface area contributed by atoms with Gasteiger partial charge in [-0.2, -0.15) is 12.7 Å². The summed E-state index contributed by atoms with van der Waals surface area (Å²) < 4.78 is 61.1. The third-order valence-corrected chi connectivity index (χ3v) is 6.51. The van der Waals surface area contributed by atoms with Gasteiger partial charge in [0.2, 0.25) is 10.0 Å². The first-order chi connectivity index (χ1) is 9.52. The van der Waals surface area contributed by atoms with Crippen LogP contribution in [0.2, 0.25) is 0 Å². The van der Waals surface area contributed by atoms with Crippen molar-refractivity contribution < 1.29 is 20.7 Å². The molecule has 2 rings (SSSR count). The molecule has 5 nitrogen and oxygen atoms in total. The molecule has 1 saturated heterocycles. The van der Waals surface area contributed by atoms with Crippen LogP contribution < -0.4 is 0 Å². The summed E-state index contributed by atoms with van der Waals surface area (Å²) >= 11 is 0. The maximum atomic E-state index is 13.0. The van der Waals surface area contributed by atoms with E-state index in [2.05, 4.69) is 13.8 Å². The first kappa shape index (κ1) is 16.4. The third kappa shape index (κ3) is 3.61. The van der Waals surface area contributed by atoms with Gasteiger partial charge in [-0.1, -0.05) is 19.9 Å². The number of benzene rings is 1. The second-order valence-corrected chi connectivity index (χ2v) is 9.27. The van der Waals surface area contributed by atoms with E-state index in [0.717, 1.165) is 25.0 Å². The van der Waals surface area contributed by atoms with E-state index in [1.807, 2.05) is 0 Å². The topological polar surface area (TPSA) is 71.5 Å². The first-order valence-corrected chi connectivity index (χ1v) is 9.40. The molecule has 0 amide bonds. The molecule has 8 heteroatoms. The fraction of sp³-hybridized carbons (Fsp3) is 0.538. The van der Waals surface area contributed by atoms with Crippen molar-refractivity contribution in [1.82, 2.24) is 4.31 Å². The highest BCUT2D eigenvalue weighted by molar-refractivity contribution is 7.89. The van der Waals surface area contributed by atoms with E-state index in [4.69, 9.17) is 0 Å². The summed E-state index contributed by atoms with van der Waals surface area (Å²) in [6.07, 6.45) is 1.46. The summed E-state index contributed by atoms with van der Waals surface area (Å²) in [4.78, 5) is -0.832. The van der Waals surface area contributed by atoms with Crippen LogP contribution >= 0.6 is 0 Å². The Morgan fingerprint density at radius 1 is 1.05 bits per heavy atom. The number of nitrogens with zero attached hydrogens (tertiary/aromatic N) is 1. The molecule has 1 aromatic carbocycles. The van der Waals surface area contributed by atoms with E-state index in [1.165, 1.54) is 16.4 Å². The van der Waals surface area contributed by atoms with Gasteiger partial charge in [0.05, 0.1) is 9.79 Å². The summed E-state index contributed by atoms with van der Waals surface area (Å²) in [6, 6.07) is 4.41. The van der Waals surface area contributed by atoms with Crippen molar-refractivity contribution in [3.8, 4) is 0 Å². The summed E-state index contributed by atoms with van der Waals surface area (Å²) in [5.74, 6) is 0. The van der Waals surface area contributed by atoms with Gasteiger partial charge in [0.25, 0.3) is 0 Å². The molecule has 0 spiro atoms. The van der Waals surface area contributed by atoms with Gasteiger partial charge in [-0.25, -0.2) is 8.42 Å². The first-order valence-electron chi connectivity index (χ1n) is 6.57. The molecular formula is C13H18FNO4S2. The lowest BCUT2D eigenvalue weighted by atomic mass is 9.83. The molecule has 118 valence electrons. The van der Waals surface area contributed by atoms with Crippen molar-refractivity contribution in [2.24, 2.45) is 5.41 Å². The molecular weight excluding hydrogens is 317 g/mol. The van der Waals surface area contributed by atoms with Crippen LogP contribution in [-0.4, -0.2) is 34.2 Å². The number of rotatable bonds is 3. The predicted octanol–water partition coefficient (Wildman–Crippen LogP) is 2.16. The molecule has 1 fully saturated rings. The van der Waals surface area contributed by atoms with Gasteiger partial charge in [-0.05, 0) is 36.5 Å². The zero-order chi connectivity index (χ0) is 15.9. The predicted molar refractivity (Wildman–Crippen MR) is 76.5 cm³/mol. The molecule has 0 unspecified atom stereocenters. The number of piperidine rings is 1. The largest absolute Gasteiger partial charge is 0.332 e. The van der Waals surface area contributed by atoms with E-state index in [1.54, 1.807) is 0 Å². The Bertz CT molecular complexity index is 731. The monoisotopic (exact) mass is 335 g/mol. The average Bonchev–Trinajstić information content (AvgIpc) is 2.37. The van der Waals surface area contributed by atoms with Crippen molar-refractivity contribution in [3.63, 3.8) is 0 Å². The Balaban J connectivity index is 2.33. The molecule has 0 atom stereocenters. The normalized spacial score (nSPS) is 20.3. The van der Waals surface area contributed by atoms with Gasteiger partial charge in [-0.3, -0.25) is 0 Å². The quantitative estimate of drug-likeness (QED) is 0.794. The lowest BCUT2D eigenvalue weighted by Gasteiger charge is -2.36. The molecule has 0 saturated carbocycles. The molecule has 1 aliphatic rings. The number of hydrogen-bond donors (Lipinski definition) is 0. The van der Waals surface area contributed by atoms with Gasteiger partial charge < -0.3 is 0 Å². The van der Waals surface area contributed by atoms with Gasteiger partial charge in [0, 0.05) is 13.1 Å². The maximum absolute atomic E-state index is 13.0. The second-order valence-electron chi connectivity index (χ2n) is 5.98. The smallest absolute Gasteiger partial charge is 0.207 e. The number of halogens is 1. The van der Waals surface area contributed by atoms with Crippen LogP contribution in [-0.2, 0) is 20.2 Å². The molecule has 1 aliphatic heterocycles. The Morgan fingerprint density at radius 2 is 1.57 bits per heavy atom. The lowest BCUT2D eigenvalue weighted by Crippen LogP contribution is -2.41. The van der Waals surface area contributed by atoms with Crippen LogP contribution in [0, 0.1) is 5.41 Å². The highest BCUT2D eigenvalue weighted by Crippen LogP contribution is 2.32. The van der Waals surface area contributed by atoms with Crippen LogP contribution in [0.4, 0.5) is 3.89 Å². The minimum Gasteiger partial charge on any atom is -0.207 e. The maximum Gasteiger partial charge on any atom is 0.332 e. The van der Waals surface area contributed by atoms with E-state index in [-0.39, 0.29) is 10.3 Å². The van der Waals surface area contributed by atoms with Gasteiger partial charge in [0.15, 0.2) is 0 Å². The molecule has 0 bridgehead atoms. The fourth-order valence-electron chi connectivity index (χ4n) is 2.27. The van der Waals surface area contributed by atoms with Crippen molar-refractivity contribution in [2.75, 3.05) is 13.1 Å². The zero-order valence-corrected chi connectivity index (χ0v) is 13.5. The molecule has 0 N–H and O–H groups in total. The van der Waals surface area contributed by atoms with Gasteiger partial charge >= 0.3 is 10.2 Å². The number of hydrogen-bond acceptors (Lipinski definition) is 4. The van der Waals surface area contributed by atoms with E-state index < -0.39 is 25.1 Å². The Hall–Kier alpha value is -0.990. The fourth-order valence-corrected chi connectivity index (χ4v) is 4.34. The van der Waals surface area contributed by atoms with Crippen molar-refractivity contribution in [2.45, 2.75) is 36.5 Å². The lowest BCUT2D eigenvalue weighted by molar-refractivity contribution is 0.196. The van der Waals surface area contributed by atoms with E-state index in [9.17, 15) is 20.7 Å². The van der Waals surface area contributed by atoms with Crippen molar-refractivity contribution >= 4 is 20.2 Å². The molecule has 21 heavy (non-hydrogen) atoms. The van der Waals surface area contributed by atoms with Crippen molar-refractivity contribution in [3.05, 3.63) is 24.3 Å². The molecule has 1 heterocycles. The van der Waals surface area contributed by atoms with Crippen LogP contribution in [0.15, 0.2) is 34.1 Å². The summed E-state index contributed by atoms with van der Waals surface area (Å²) in [7, 11) is -8.71. The van der Waals surface area contributed by atoms with Gasteiger partial charge in [0.1, 0.15) is 0 Å². The van der Waals surface area contributed by atoms with Crippen LogP contribution in [0.25, 0.3) is 0 Å². The van der Waals surface area contributed by atoms with Crippen LogP contribution in [0.3, 0.4) is 0 Å². The standard InChI is InChI=1S/C13H18FNO4S2/c1-13(2)6-8-15(9-7-13)21(18,19)12-5-3-4-11(10-12)20(14,16)17/h3-5,10H,6-9H2,1-2H3.